The van der Waals surface area contributed by atoms with Crippen LogP contribution in [0.25, 0.3) is 0 Å². The first-order valence-electron chi connectivity index (χ1n) is 6.47. The van der Waals surface area contributed by atoms with Crippen molar-refractivity contribution in [2.24, 2.45) is 5.84 Å². The van der Waals surface area contributed by atoms with Crippen molar-refractivity contribution in [2.45, 2.75) is 33.6 Å². The molecule has 5 heteroatoms. The molecule has 2 amide bonds. The molecule has 19 heavy (non-hydrogen) atoms. The van der Waals surface area contributed by atoms with Gasteiger partial charge in [0.25, 0.3) is 11.8 Å². The van der Waals surface area contributed by atoms with Crippen LogP contribution in [0.1, 0.15) is 52.1 Å². The zero-order valence-corrected chi connectivity index (χ0v) is 11.7. The van der Waals surface area contributed by atoms with Crippen molar-refractivity contribution in [1.82, 2.24) is 10.7 Å². The molecule has 0 saturated heterocycles. The molecule has 0 saturated carbocycles. The third-order valence-corrected chi connectivity index (χ3v) is 2.99. The molecule has 0 aliphatic rings. The summed E-state index contributed by atoms with van der Waals surface area (Å²) in [5, 5.41) is 2.83. The van der Waals surface area contributed by atoms with Crippen LogP contribution in [0.4, 0.5) is 0 Å². The van der Waals surface area contributed by atoms with Gasteiger partial charge in [0.2, 0.25) is 0 Å². The van der Waals surface area contributed by atoms with Crippen molar-refractivity contribution in [2.75, 3.05) is 6.54 Å². The van der Waals surface area contributed by atoms with Gasteiger partial charge >= 0.3 is 0 Å². The number of rotatable bonds is 5. The van der Waals surface area contributed by atoms with Gasteiger partial charge in [-0.05, 0) is 37.0 Å². The van der Waals surface area contributed by atoms with Crippen molar-refractivity contribution in [1.29, 1.82) is 0 Å². The minimum absolute atomic E-state index is 0.148. The van der Waals surface area contributed by atoms with Crippen LogP contribution >= 0.6 is 0 Å². The van der Waals surface area contributed by atoms with E-state index in [9.17, 15) is 9.59 Å². The van der Waals surface area contributed by atoms with Crippen LogP contribution in [0.2, 0.25) is 0 Å². The third kappa shape index (κ3) is 3.54. The molecule has 1 rings (SSSR count). The summed E-state index contributed by atoms with van der Waals surface area (Å²) in [6.45, 7) is 6.42. The molecule has 0 aromatic heterocycles. The number of hydrazine groups is 1. The first kappa shape index (κ1) is 15.2. The lowest BCUT2D eigenvalue weighted by atomic mass is 9.96. The maximum absolute atomic E-state index is 12.1. The Morgan fingerprint density at radius 3 is 2.37 bits per heavy atom. The molecule has 0 atom stereocenters. The lowest BCUT2D eigenvalue weighted by molar-refractivity contribution is 0.0952. The molecule has 4 N–H and O–H groups in total. The highest BCUT2D eigenvalue weighted by Gasteiger charge is 2.16. The van der Waals surface area contributed by atoms with E-state index in [4.69, 9.17) is 5.84 Å². The average molecular weight is 263 g/mol. The lowest BCUT2D eigenvalue weighted by Crippen LogP contribution is -2.31. The second-order valence-corrected chi connectivity index (χ2v) is 4.41. The molecule has 0 spiro atoms. The Bertz CT molecular complexity index is 484. The summed E-state index contributed by atoms with van der Waals surface area (Å²) in [5.74, 6) is 4.62. The van der Waals surface area contributed by atoms with E-state index in [1.807, 2.05) is 26.8 Å². The van der Waals surface area contributed by atoms with E-state index in [1.165, 1.54) is 0 Å². The Kier molecular flexibility index (Phi) is 5.51. The Labute approximate surface area is 113 Å². The molecule has 0 radical (unpaired) electrons. The molecule has 1 aromatic carbocycles. The Morgan fingerprint density at radius 1 is 1.16 bits per heavy atom. The molecular weight excluding hydrogens is 242 g/mol. The van der Waals surface area contributed by atoms with Crippen molar-refractivity contribution in [3.63, 3.8) is 0 Å². The summed E-state index contributed by atoms with van der Waals surface area (Å²) in [4.78, 5) is 23.7. The number of carbonyl (C=O) groups is 2. The molecule has 0 bridgehead atoms. The smallest absolute Gasteiger partial charge is 0.265 e. The second kappa shape index (κ2) is 6.89. The summed E-state index contributed by atoms with van der Waals surface area (Å²) in [7, 11) is 0. The minimum Gasteiger partial charge on any atom is -0.352 e. The highest BCUT2D eigenvalue weighted by atomic mass is 16.2. The quantitative estimate of drug-likeness (QED) is 0.425. The molecule has 5 nitrogen and oxygen atoms in total. The fraction of sp³-hybridized carbons (Fsp3) is 0.429. The van der Waals surface area contributed by atoms with Gasteiger partial charge in [0.15, 0.2) is 0 Å². The first-order valence-corrected chi connectivity index (χ1v) is 6.47. The normalized spacial score (nSPS) is 10.1. The van der Waals surface area contributed by atoms with E-state index in [1.54, 1.807) is 6.07 Å². The predicted molar refractivity (Wildman–Crippen MR) is 74.8 cm³/mol. The molecule has 0 aliphatic heterocycles. The summed E-state index contributed by atoms with van der Waals surface area (Å²) < 4.78 is 0. The number of carbonyl (C=O) groups excluding carboxylic acids is 2. The summed E-state index contributed by atoms with van der Waals surface area (Å²) in [6, 6.07) is 3.48. The van der Waals surface area contributed by atoms with Crippen molar-refractivity contribution < 1.29 is 9.59 Å². The van der Waals surface area contributed by atoms with Crippen LogP contribution in [-0.2, 0) is 6.42 Å². The topological polar surface area (TPSA) is 84.2 Å². The highest BCUT2D eigenvalue weighted by Crippen LogP contribution is 2.17. The molecule has 0 heterocycles. The fourth-order valence-corrected chi connectivity index (χ4v) is 1.93. The zero-order valence-electron chi connectivity index (χ0n) is 11.7. The molecule has 0 unspecified atom stereocenters. The van der Waals surface area contributed by atoms with Crippen LogP contribution < -0.4 is 16.6 Å². The Morgan fingerprint density at radius 2 is 1.84 bits per heavy atom. The van der Waals surface area contributed by atoms with E-state index in [0.717, 1.165) is 24.0 Å². The molecule has 1 aromatic rings. The SMILES string of the molecule is CCCNC(=O)c1cc(C(=O)NN)c(C)cc1CC. The number of nitrogen functional groups attached to an aromatic ring is 1. The lowest BCUT2D eigenvalue weighted by Gasteiger charge is -2.13. The Balaban J connectivity index is 3.20. The van der Waals surface area contributed by atoms with E-state index < -0.39 is 0 Å². The Hall–Kier alpha value is -1.88. The maximum atomic E-state index is 12.1. The van der Waals surface area contributed by atoms with Crippen LogP contribution in [0.5, 0.6) is 0 Å². The van der Waals surface area contributed by atoms with Crippen molar-refractivity contribution >= 4 is 11.8 Å². The van der Waals surface area contributed by atoms with Crippen LogP contribution in [0.3, 0.4) is 0 Å². The van der Waals surface area contributed by atoms with Gasteiger partial charge in [-0.3, -0.25) is 15.0 Å². The largest absolute Gasteiger partial charge is 0.352 e. The van der Waals surface area contributed by atoms with Gasteiger partial charge in [-0.25, -0.2) is 5.84 Å². The monoisotopic (exact) mass is 263 g/mol. The number of aryl methyl sites for hydroxylation is 2. The summed E-state index contributed by atoms with van der Waals surface area (Å²) in [5.41, 5.74) is 4.81. The van der Waals surface area contributed by atoms with Gasteiger partial charge in [0, 0.05) is 17.7 Å². The van der Waals surface area contributed by atoms with E-state index in [2.05, 4.69) is 10.7 Å². The van der Waals surface area contributed by atoms with E-state index >= 15 is 0 Å². The van der Waals surface area contributed by atoms with Crippen LogP contribution in [0.15, 0.2) is 12.1 Å². The van der Waals surface area contributed by atoms with Gasteiger partial charge in [0.05, 0.1) is 0 Å². The third-order valence-electron chi connectivity index (χ3n) is 2.99. The number of hydrogen-bond acceptors (Lipinski definition) is 3. The minimum atomic E-state index is -0.385. The van der Waals surface area contributed by atoms with Gasteiger partial charge in [-0.1, -0.05) is 19.9 Å². The first-order chi connectivity index (χ1) is 9.04. The van der Waals surface area contributed by atoms with Gasteiger partial charge in [-0.2, -0.15) is 0 Å². The second-order valence-electron chi connectivity index (χ2n) is 4.41. The standard InChI is InChI=1S/C14H21N3O2/c1-4-6-16-13(18)12-8-11(14(19)17-15)9(3)7-10(12)5-2/h7-8H,4-6,15H2,1-3H3,(H,16,18)(H,17,19). The molecule has 0 fully saturated rings. The van der Waals surface area contributed by atoms with Gasteiger partial charge in [-0.15, -0.1) is 0 Å². The van der Waals surface area contributed by atoms with E-state index in [-0.39, 0.29) is 11.8 Å². The highest BCUT2D eigenvalue weighted by molar-refractivity contribution is 6.01. The number of nitrogens with two attached hydrogens (primary N) is 1. The molecule has 104 valence electrons. The van der Waals surface area contributed by atoms with Crippen LogP contribution in [0, 0.1) is 6.92 Å². The van der Waals surface area contributed by atoms with Crippen LogP contribution in [-0.4, -0.2) is 18.4 Å². The van der Waals surface area contributed by atoms with Crippen molar-refractivity contribution in [3.05, 3.63) is 34.4 Å². The summed E-state index contributed by atoms with van der Waals surface area (Å²) in [6.07, 6.45) is 1.61. The van der Waals surface area contributed by atoms with Crippen molar-refractivity contribution in [3.8, 4) is 0 Å². The van der Waals surface area contributed by atoms with Gasteiger partial charge < -0.3 is 5.32 Å². The van der Waals surface area contributed by atoms with E-state index in [0.29, 0.717) is 17.7 Å². The maximum Gasteiger partial charge on any atom is 0.265 e. The number of hydrogen-bond donors (Lipinski definition) is 3. The predicted octanol–water partition coefficient (Wildman–Crippen LogP) is 1.30. The molecule has 0 aliphatic carbocycles. The number of amides is 2. The molecular formula is C14H21N3O2. The fourth-order valence-electron chi connectivity index (χ4n) is 1.93. The zero-order chi connectivity index (χ0) is 14.4. The average Bonchev–Trinajstić information content (AvgIpc) is 2.43. The summed E-state index contributed by atoms with van der Waals surface area (Å²) >= 11 is 0. The number of nitrogens with one attached hydrogen (secondary N) is 2. The van der Waals surface area contributed by atoms with Gasteiger partial charge in [0.1, 0.15) is 0 Å². The number of benzene rings is 1.